The summed E-state index contributed by atoms with van der Waals surface area (Å²) in [5.74, 6) is 1.49. The van der Waals surface area contributed by atoms with Crippen molar-refractivity contribution in [3.63, 3.8) is 0 Å². The second-order valence-electron chi connectivity index (χ2n) is 7.58. The fourth-order valence-corrected chi connectivity index (χ4v) is 3.83. The lowest BCUT2D eigenvalue weighted by atomic mass is 9.99. The molecule has 0 bridgehead atoms. The highest BCUT2D eigenvalue weighted by molar-refractivity contribution is 5.76. The van der Waals surface area contributed by atoms with Gasteiger partial charge in [0.2, 0.25) is 0 Å². The minimum Gasteiger partial charge on any atom is -0.493 e. The Bertz CT molecular complexity index is 596. The van der Waals surface area contributed by atoms with E-state index in [0.29, 0.717) is 18.3 Å². The van der Waals surface area contributed by atoms with Crippen LogP contribution in [-0.2, 0) is 0 Å². The second-order valence-corrected chi connectivity index (χ2v) is 7.58. The van der Waals surface area contributed by atoms with Crippen LogP contribution < -0.4 is 10.1 Å². The molecule has 1 unspecified atom stereocenters. The normalized spacial score (nSPS) is 25.2. The number of piperidine rings is 1. The highest BCUT2D eigenvalue weighted by atomic mass is 19.1. The van der Waals surface area contributed by atoms with Crippen LogP contribution in [0.4, 0.5) is 9.18 Å². The largest absolute Gasteiger partial charge is 0.493 e. The molecule has 24 heavy (non-hydrogen) atoms. The van der Waals surface area contributed by atoms with E-state index in [0.717, 1.165) is 44.7 Å². The summed E-state index contributed by atoms with van der Waals surface area (Å²) in [6, 6.07) is 6.21. The summed E-state index contributed by atoms with van der Waals surface area (Å²) in [6.07, 6.45) is 6.92. The van der Waals surface area contributed by atoms with Crippen LogP contribution in [0.15, 0.2) is 24.3 Å². The zero-order valence-corrected chi connectivity index (χ0v) is 14.0. The van der Waals surface area contributed by atoms with Gasteiger partial charge in [0, 0.05) is 24.5 Å². The molecule has 2 saturated carbocycles. The van der Waals surface area contributed by atoms with Gasteiger partial charge < -0.3 is 15.0 Å². The van der Waals surface area contributed by atoms with E-state index < -0.39 is 0 Å². The SMILES string of the molecule is O=C(NC1(C2CC2)CC1)N1CCCC(COc2ccc(F)cc2)C1. The number of amides is 2. The molecule has 1 aliphatic heterocycles. The number of ether oxygens (including phenoxy) is 1. The smallest absolute Gasteiger partial charge is 0.317 e. The van der Waals surface area contributed by atoms with E-state index in [1.165, 1.54) is 25.0 Å². The average Bonchev–Trinajstić information content (AvgIpc) is 3.48. The van der Waals surface area contributed by atoms with Crippen LogP contribution >= 0.6 is 0 Å². The highest BCUT2D eigenvalue weighted by Gasteiger charge is 2.55. The minimum atomic E-state index is -0.257. The fourth-order valence-electron chi connectivity index (χ4n) is 3.83. The van der Waals surface area contributed by atoms with E-state index >= 15 is 0 Å². The molecular weight excluding hydrogens is 307 g/mol. The van der Waals surface area contributed by atoms with E-state index in [-0.39, 0.29) is 17.4 Å². The molecule has 4 rings (SSSR count). The molecule has 4 nitrogen and oxygen atoms in total. The molecule has 0 radical (unpaired) electrons. The summed E-state index contributed by atoms with van der Waals surface area (Å²) in [5.41, 5.74) is 0.134. The molecule has 3 fully saturated rings. The Balaban J connectivity index is 1.27. The predicted molar refractivity (Wildman–Crippen MR) is 89.4 cm³/mol. The van der Waals surface area contributed by atoms with Gasteiger partial charge in [-0.15, -0.1) is 0 Å². The van der Waals surface area contributed by atoms with Crippen molar-refractivity contribution >= 4 is 6.03 Å². The molecule has 2 aliphatic carbocycles. The summed E-state index contributed by atoms with van der Waals surface area (Å²) < 4.78 is 18.7. The van der Waals surface area contributed by atoms with Crippen molar-refractivity contribution in [2.45, 2.75) is 44.1 Å². The number of halogens is 1. The van der Waals surface area contributed by atoms with Gasteiger partial charge in [0.15, 0.2) is 0 Å². The molecule has 1 atom stereocenters. The number of urea groups is 1. The van der Waals surface area contributed by atoms with Gasteiger partial charge in [0.05, 0.1) is 6.61 Å². The van der Waals surface area contributed by atoms with Gasteiger partial charge >= 0.3 is 6.03 Å². The zero-order chi connectivity index (χ0) is 16.6. The predicted octanol–water partition coefficient (Wildman–Crippen LogP) is 3.57. The fraction of sp³-hybridized carbons (Fsp3) is 0.632. The van der Waals surface area contributed by atoms with Gasteiger partial charge in [-0.3, -0.25) is 0 Å². The van der Waals surface area contributed by atoms with Crippen LogP contribution in [0.25, 0.3) is 0 Å². The number of nitrogens with zero attached hydrogens (tertiary/aromatic N) is 1. The van der Waals surface area contributed by atoms with Crippen molar-refractivity contribution in [2.24, 2.45) is 11.8 Å². The lowest BCUT2D eigenvalue weighted by molar-refractivity contribution is 0.134. The molecule has 1 heterocycles. The first kappa shape index (κ1) is 15.7. The first-order valence-corrected chi connectivity index (χ1v) is 9.10. The Labute approximate surface area is 142 Å². The second kappa shape index (κ2) is 6.26. The van der Waals surface area contributed by atoms with Crippen LogP contribution in [0.3, 0.4) is 0 Å². The average molecular weight is 332 g/mol. The molecule has 0 spiro atoms. The van der Waals surface area contributed by atoms with Crippen LogP contribution in [0.5, 0.6) is 5.75 Å². The van der Waals surface area contributed by atoms with E-state index in [1.54, 1.807) is 12.1 Å². The zero-order valence-electron chi connectivity index (χ0n) is 14.0. The minimum absolute atomic E-state index is 0.103. The molecule has 130 valence electrons. The molecule has 0 aromatic heterocycles. The van der Waals surface area contributed by atoms with E-state index in [2.05, 4.69) is 5.32 Å². The molecule has 1 aromatic rings. The summed E-state index contributed by atoms with van der Waals surface area (Å²) in [6.45, 7) is 2.15. The summed E-state index contributed by atoms with van der Waals surface area (Å²) >= 11 is 0. The third-order valence-corrected chi connectivity index (χ3v) is 5.61. The monoisotopic (exact) mass is 332 g/mol. The lowest BCUT2D eigenvalue weighted by Crippen LogP contribution is -2.50. The number of benzene rings is 1. The van der Waals surface area contributed by atoms with Gasteiger partial charge in [-0.1, -0.05) is 0 Å². The van der Waals surface area contributed by atoms with E-state index in [9.17, 15) is 9.18 Å². The maximum absolute atomic E-state index is 12.9. The quantitative estimate of drug-likeness (QED) is 0.895. The first-order chi connectivity index (χ1) is 11.6. The third kappa shape index (κ3) is 3.50. The molecule has 3 aliphatic rings. The highest BCUT2D eigenvalue weighted by Crippen LogP contribution is 2.53. The van der Waals surface area contributed by atoms with Crippen molar-refractivity contribution in [3.05, 3.63) is 30.1 Å². The van der Waals surface area contributed by atoms with Crippen molar-refractivity contribution < 1.29 is 13.9 Å². The Kier molecular flexibility index (Phi) is 4.10. The van der Waals surface area contributed by atoms with Crippen LogP contribution in [0, 0.1) is 17.7 Å². The molecule has 1 saturated heterocycles. The van der Waals surface area contributed by atoms with E-state index in [4.69, 9.17) is 4.74 Å². The number of rotatable bonds is 5. The van der Waals surface area contributed by atoms with Crippen LogP contribution in [0.2, 0.25) is 0 Å². The number of likely N-dealkylation sites (tertiary alicyclic amines) is 1. The Hall–Kier alpha value is -1.78. The van der Waals surface area contributed by atoms with Crippen molar-refractivity contribution in [1.29, 1.82) is 0 Å². The standard InChI is InChI=1S/C19H25FN2O2/c20-16-5-7-17(8-6-16)24-13-14-2-1-11-22(12-14)18(23)21-19(9-10-19)15-3-4-15/h5-8,14-15H,1-4,9-13H2,(H,21,23). The number of hydrogen-bond donors (Lipinski definition) is 1. The molecule has 1 aromatic carbocycles. The Morgan fingerprint density at radius 3 is 2.67 bits per heavy atom. The Morgan fingerprint density at radius 2 is 2.00 bits per heavy atom. The van der Waals surface area contributed by atoms with Gasteiger partial charge in [-0.2, -0.15) is 0 Å². The lowest BCUT2D eigenvalue weighted by Gasteiger charge is -2.34. The van der Waals surface area contributed by atoms with Crippen molar-refractivity contribution in [2.75, 3.05) is 19.7 Å². The summed E-state index contributed by atoms with van der Waals surface area (Å²) in [7, 11) is 0. The molecule has 1 N–H and O–H groups in total. The number of nitrogens with one attached hydrogen (secondary N) is 1. The maximum Gasteiger partial charge on any atom is 0.317 e. The summed E-state index contributed by atoms with van der Waals surface area (Å²) in [5, 5.41) is 3.30. The summed E-state index contributed by atoms with van der Waals surface area (Å²) in [4.78, 5) is 14.5. The number of hydrogen-bond acceptors (Lipinski definition) is 2. The van der Waals surface area contributed by atoms with E-state index in [1.807, 2.05) is 4.90 Å². The Morgan fingerprint density at radius 1 is 1.25 bits per heavy atom. The first-order valence-electron chi connectivity index (χ1n) is 9.10. The van der Waals surface area contributed by atoms with Crippen molar-refractivity contribution in [1.82, 2.24) is 10.2 Å². The molecule has 5 heteroatoms. The third-order valence-electron chi connectivity index (χ3n) is 5.61. The molecule has 2 amide bonds. The maximum atomic E-state index is 12.9. The van der Waals surface area contributed by atoms with Crippen LogP contribution in [0.1, 0.15) is 38.5 Å². The molecular formula is C19H25FN2O2. The number of carbonyl (C=O) groups excluding carboxylic acids is 1. The number of carbonyl (C=O) groups is 1. The van der Waals surface area contributed by atoms with Gasteiger partial charge in [0.25, 0.3) is 0 Å². The van der Waals surface area contributed by atoms with Gasteiger partial charge in [0.1, 0.15) is 11.6 Å². The topological polar surface area (TPSA) is 41.6 Å². The van der Waals surface area contributed by atoms with Crippen molar-refractivity contribution in [3.8, 4) is 5.75 Å². The van der Waals surface area contributed by atoms with Crippen LogP contribution in [-0.4, -0.2) is 36.2 Å². The van der Waals surface area contributed by atoms with Gasteiger partial charge in [-0.05, 0) is 68.7 Å². The van der Waals surface area contributed by atoms with Gasteiger partial charge in [-0.25, -0.2) is 9.18 Å².